The van der Waals surface area contributed by atoms with Gasteiger partial charge in [0.15, 0.2) is 0 Å². The maximum Gasteiger partial charge on any atom is 0.244 e. The molecule has 1 aromatic carbocycles. The number of rotatable bonds is 3. The number of nitrogens with two attached hydrogens (primary N) is 2. The van der Waals surface area contributed by atoms with Crippen LogP contribution in [0.1, 0.15) is 38.2 Å². The zero-order valence-electron chi connectivity index (χ0n) is 11.7. The topological polar surface area (TPSA) is 81.1 Å². The average molecular weight is 340 g/mol. The highest BCUT2D eigenvalue weighted by molar-refractivity contribution is 9.10. The van der Waals surface area contributed by atoms with Crippen molar-refractivity contribution in [2.45, 2.75) is 50.2 Å². The molecule has 1 aliphatic rings. The lowest BCUT2D eigenvalue weighted by atomic mass is 9.89. The quantitative estimate of drug-likeness (QED) is 0.787. The van der Waals surface area contributed by atoms with Crippen molar-refractivity contribution in [2.24, 2.45) is 11.5 Å². The monoisotopic (exact) mass is 339 g/mol. The van der Waals surface area contributed by atoms with E-state index in [1.807, 2.05) is 24.3 Å². The van der Waals surface area contributed by atoms with Gasteiger partial charge in [0.2, 0.25) is 5.91 Å². The van der Waals surface area contributed by atoms with Crippen LogP contribution in [0.3, 0.4) is 0 Å². The van der Waals surface area contributed by atoms with Crippen LogP contribution in [-0.2, 0) is 10.3 Å². The number of amides is 1. The second-order valence-electron chi connectivity index (χ2n) is 5.79. The van der Waals surface area contributed by atoms with Crippen LogP contribution in [0.15, 0.2) is 28.7 Å². The number of hydrogen-bond donors (Lipinski definition) is 3. The molecule has 0 radical (unpaired) electrons. The van der Waals surface area contributed by atoms with Crippen LogP contribution in [0.5, 0.6) is 0 Å². The van der Waals surface area contributed by atoms with E-state index in [4.69, 9.17) is 11.5 Å². The summed E-state index contributed by atoms with van der Waals surface area (Å²) >= 11 is 3.38. The Morgan fingerprint density at radius 2 is 1.80 bits per heavy atom. The normalized spacial score (nSPS) is 25.8. The van der Waals surface area contributed by atoms with Crippen LogP contribution in [-0.4, -0.2) is 18.0 Å². The highest BCUT2D eigenvalue weighted by Gasteiger charge is 2.32. The molecule has 0 aliphatic heterocycles. The van der Waals surface area contributed by atoms with Crippen LogP contribution in [0, 0.1) is 0 Å². The Morgan fingerprint density at radius 3 is 2.35 bits per heavy atom. The fourth-order valence-electron chi connectivity index (χ4n) is 2.53. The highest BCUT2D eigenvalue weighted by atomic mass is 79.9. The molecule has 20 heavy (non-hydrogen) atoms. The van der Waals surface area contributed by atoms with Gasteiger partial charge in [-0.2, -0.15) is 0 Å². The van der Waals surface area contributed by atoms with Crippen molar-refractivity contribution in [3.05, 3.63) is 34.3 Å². The number of carbonyl (C=O) groups is 1. The molecule has 5 heteroatoms. The van der Waals surface area contributed by atoms with Gasteiger partial charge in [0.05, 0.1) is 0 Å². The van der Waals surface area contributed by atoms with Crippen molar-refractivity contribution in [3.63, 3.8) is 0 Å². The van der Waals surface area contributed by atoms with Gasteiger partial charge in [0.25, 0.3) is 0 Å². The van der Waals surface area contributed by atoms with Crippen molar-refractivity contribution >= 4 is 21.8 Å². The van der Waals surface area contributed by atoms with Gasteiger partial charge in [-0.3, -0.25) is 4.79 Å². The van der Waals surface area contributed by atoms with E-state index >= 15 is 0 Å². The second-order valence-corrected chi connectivity index (χ2v) is 6.71. The van der Waals surface area contributed by atoms with E-state index in [-0.39, 0.29) is 18.0 Å². The number of benzene rings is 1. The maximum atomic E-state index is 12.4. The molecule has 1 fully saturated rings. The summed E-state index contributed by atoms with van der Waals surface area (Å²) in [6, 6.07) is 8.02. The first-order valence-electron chi connectivity index (χ1n) is 7.01. The molecule has 0 bridgehead atoms. The predicted octanol–water partition coefficient (Wildman–Crippen LogP) is 2.01. The molecular weight excluding hydrogens is 318 g/mol. The number of nitrogens with one attached hydrogen (secondary N) is 1. The molecule has 0 saturated heterocycles. The molecule has 1 unspecified atom stereocenters. The van der Waals surface area contributed by atoms with E-state index in [2.05, 4.69) is 21.2 Å². The minimum Gasteiger partial charge on any atom is -0.351 e. The third-order valence-corrected chi connectivity index (χ3v) is 4.55. The molecule has 110 valence electrons. The molecular formula is C15H22BrN3O. The van der Waals surface area contributed by atoms with Gasteiger partial charge in [-0.25, -0.2) is 0 Å². The van der Waals surface area contributed by atoms with Gasteiger partial charge in [-0.15, -0.1) is 0 Å². The van der Waals surface area contributed by atoms with Gasteiger partial charge in [-0.05, 0) is 50.3 Å². The van der Waals surface area contributed by atoms with Crippen LogP contribution in [0.2, 0.25) is 0 Å². The van der Waals surface area contributed by atoms with Crippen LogP contribution in [0.4, 0.5) is 0 Å². The van der Waals surface area contributed by atoms with Gasteiger partial charge >= 0.3 is 0 Å². The Labute approximate surface area is 128 Å². The fraction of sp³-hybridized carbons (Fsp3) is 0.533. The molecule has 0 aromatic heterocycles. The van der Waals surface area contributed by atoms with E-state index in [0.717, 1.165) is 35.7 Å². The molecule has 0 heterocycles. The Kier molecular flexibility index (Phi) is 4.83. The van der Waals surface area contributed by atoms with Gasteiger partial charge in [0, 0.05) is 16.6 Å². The molecule has 1 amide bonds. The Morgan fingerprint density at radius 1 is 1.25 bits per heavy atom. The first-order valence-corrected chi connectivity index (χ1v) is 7.80. The standard InChI is InChI=1S/C15H22BrN3O/c1-15(18,10-2-4-11(16)5-3-10)14(20)19-13-8-6-12(17)7-9-13/h2-5,12-13H,6-9,17-18H2,1H3,(H,19,20). The maximum absolute atomic E-state index is 12.4. The fourth-order valence-corrected chi connectivity index (χ4v) is 2.79. The number of carbonyl (C=O) groups excluding carboxylic acids is 1. The van der Waals surface area contributed by atoms with Crippen molar-refractivity contribution in [1.29, 1.82) is 0 Å². The summed E-state index contributed by atoms with van der Waals surface area (Å²) in [6.45, 7) is 1.75. The molecule has 1 atom stereocenters. The predicted molar refractivity (Wildman–Crippen MR) is 84.1 cm³/mol. The second kappa shape index (κ2) is 6.24. The van der Waals surface area contributed by atoms with Gasteiger partial charge < -0.3 is 16.8 Å². The number of hydrogen-bond acceptors (Lipinski definition) is 3. The zero-order chi connectivity index (χ0) is 14.8. The molecule has 1 aliphatic carbocycles. The third-order valence-electron chi connectivity index (χ3n) is 4.02. The molecule has 5 N–H and O–H groups in total. The summed E-state index contributed by atoms with van der Waals surface area (Å²) in [4.78, 5) is 12.4. The van der Waals surface area contributed by atoms with E-state index in [1.54, 1.807) is 6.92 Å². The summed E-state index contributed by atoms with van der Waals surface area (Å²) in [5, 5.41) is 3.06. The summed E-state index contributed by atoms with van der Waals surface area (Å²) in [5.74, 6) is -0.125. The summed E-state index contributed by atoms with van der Waals surface area (Å²) < 4.78 is 0.971. The molecule has 0 spiro atoms. The van der Waals surface area contributed by atoms with E-state index in [1.165, 1.54) is 0 Å². The number of halogens is 1. The lowest BCUT2D eigenvalue weighted by Gasteiger charge is -2.31. The molecule has 2 rings (SSSR count). The largest absolute Gasteiger partial charge is 0.351 e. The van der Waals surface area contributed by atoms with Gasteiger partial charge in [-0.1, -0.05) is 28.1 Å². The first kappa shape index (κ1) is 15.5. The Hall–Kier alpha value is -0.910. The lowest BCUT2D eigenvalue weighted by Crippen LogP contribution is -2.53. The minimum absolute atomic E-state index is 0.125. The Bertz CT molecular complexity index is 465. The molecule has 1 saturated carbocycles. The Balaban J connectivity index is 2.01. The molecule has 1 aromatic rings. The highest BCUT2D eigenvalue weighted by Crippen LogP contribution is 2.22. The summed E-state index contributed by atoms with van der Waals surface area (Å²) in [6.07, 6.45) is 3.79. The van der Waals surface area contributed by atoms with E-state index in [9.17, 15) is 4.79 Å². The summed E-state index contributed by atoms with van der Waals surface area (Å²) in [5.41, 5.74) is 11.9. The third kappa shape index (κ3) is 3.59. The van der Waals surface area contributed by atoms with Crippen LogP contribution >= 0.6 is 15.9 Å². The summed E-state index contributed by atoms with van der Waals surface area (Å²) in [7, 11) is 0. The van der Waals surface area contributed by atoms with Crippen LogP contribution < -0.4 is 16.8 Å². The van der Waals surface area contributed by atoms with Gasteiger partial charge in [0.1, 0.15) is 5.54 Å². The SMILES string of the molecule is CC(N)(C(=O)NC1CCC(N)CC1)c1ccc(Br)cc1. The van der Waals surface area contributed by atoms with Crippen molar-refractivity contribution in [2.75, 3.05) is 0 Å². The lowest BCUT2D eigenvalue weighted by molar-refractivity contribution is -0.127. The van der Waals surface area contributed by atoms with Crippen molar-refractivity contribution in [1.82, 2.24) is 5.32 Å². The van der Waals surface area contributed by atoms with Crippen molar-refractivity contribution in [3.8, 4) is 0 Å². The van der Waals surface area contributed by atoms with E-state index in [0.29, 0.717) is 0 Å². The average Bonchev–Trinajstić information content (AvgIpc) is 2.42. The van der Waals surface area contributed by atoms with E-state index < -0.39 is 5.54 Å². The first-order chi connectivity index (χ1) is 9.39. The zero-order valence-corrected chi connectivity index (χ0v) is 13.3. The van der Waals surface area contributed by atoms with Crippen LogP contribution in [0.25, 0.3) is 0 Å². The van der Waals surface area contributed by atoms with Crippen molar-refractivity contribution < 1.29 is 4.79 Å². The molecule has 4 nitrogen and oxygen atoms in total. The minimum atomic E-state index is -1.01. The smallest absolute Gasteiger partial charge is 0.244 e.